The van der Waals surface area contributed by atoms with Crippen molar-refractivity contribution in [3.05, 3.63) is 64.0 Å². The van der Waals surface area contributed by atoms with Crippen LogP contribution in [0.25, 0.3) is 10.2 Å². The number of nitrogens with one attached hydrogen (secondary N) is 1. The zero-order valence-corrected chi connectivity index (χ0v) is 19.5. The third kappa shape index (κ3) is 5.23. The Labute approximate surface area is 198 Å². The summed E-state index contributed by atoms with van der Waals surface area (Å²) in [6, 6.07) is 9.10. The van der Waals surface area contributed by atoms with Crippen LogP contribution in [0.15, 0.2) is 47.5 Å². The van der Waals surface area contributed by atoms with Crippen molar-refractivity contribution in [2.45, 2.75) is 45.0 Å². The minimum atomic E-state index is -4.57. The van der Waals surface area contributed by atoms with Crippen LogP contribution in [0.4, 0.5) is 13.2 Å². The number of fused-ring (bicyclic) bond motifs is 1. The Hall–Kier alpha value is -2.98. The first kappa shape index (κ1) is 24.2. The number of carbonyl (C=O) groups is 2. The molecule has 0 radical (unpaired) electrons. The summed E-state index contributed by atoms with van der Waals surface area (Å²) in [5, 5.41) is 2.89. The first-order valence-corrected chi connectivity index (χ1v) is 11.7. The van der Waals surface area contributed by atoms with Crippen molar-refractivity contribution in [2.24, 2.45) is 4.99 Å². The molecule has 6 nitrogen and oxygen atoms in total. The van der Waals surface area contributed by atoms with E-state index in [1.54, 1.807) is 11.5 Å². The number of ether oxygens (including phenoxy) is 1. The maximum Gasteiger partial charge on any atom is 0.416 e. The number of carbonyl (C=O) groups excluding carboxylic acids is 2. The molecule has 180 valence electrons. The highest BCUT2D eigenvalue weighted by molar-refractivity contribution is 7.16. The first-order chi connectivity index (χ1) is 16.1. The molecule has 1 aliphatic rings. The monoisotopic (exact) mass is 491 g/mol. The summed E-state index contributed by atoms with van der Waals surface area (Å²) in [5.41, 5.74) is 0.610. The summed E-state index contributed by atoms with van der Waals surface area (Å²) in [6.45, 7) is 4.69. The number of benzene rings is 2. The van der Waals surface area contributed by atoms with Crippen LogP contribution in [0.5, 0.6) is 0 Å². The number of rotatable bonds is 5. The first-order valence-electron chi connectivity index (χ1n) is 10.9. The van der Waals surface area contributed by atoms with Gasteiger partial charge in [0.05, 0.1) is 21.9 Å². The molecule has 2 atom stereocenters. The molecule has 0 spiro atoms. The molecule has 0 saturated carbocycles. The molecule has 0 aliphatic carbocycles. The van der Waals surface area contributed by atoms with Crippen LogP contribution in [-0.4, -0.2) is 35.6 Å². The van der Waals surface area contributed by atoms with Crippen molar-refractivity contribution in [3.63, 3.8) is 0 Å². The predicted molar refractivity (Wildman–Crippen MR) is 123 cm³/mol. The molecule has 1 fully saturated rings. The predicted octanol–water partition coefficient (Wildman–Crippen LogP) is 4.63. The molecule has 3 aromatic rings. The van der Waals surface area contributed by atoms with Crippen LogP contribution in [-0.2, 0) is 15.7 Å². The van der Waals surface area contributed by atoms with Gasteiger partial charge in [0.25, 0.3) is 5.91 Å². The van der Waals surface area contributed by atoms with Crippen LogP contribution < -0.4 is 10.1 Å². The lowest BCUT2D eigenvalue weighted by atomic mass is 10.1. The topological polar surface area (TPSA) is 72.7 Å². The summed E-state index contributed by atoms with van der Waals surface area (Å²) < 4.78 is 47.3. The molecular formula is C24H24F3N3O3S. The SMILES string of the molecule is Cc1ccc2c(c1)sc(=NC(=O)c1cccc(C(F)(F)F)c1)n2[C@@H](C)C(=O)NC[C@H]1CCCO1. The molecule has 1 saturated heterocycles. The molecule has 2 amide bonds. The summed E-state index contributed by atoms with van der Waals surface area (Å²) >= 11 is 1.21. The van der Waals surface area contributed by atoms with E-state index in [9.17, 15) is 22.8 Å². The fraction of sp³-hybridized carbons (Fsp3) is 0.375. The number of alkyl halides is 3. The maximum absolute atomic E-state index is 13.1. The van der Waals surface area contributed by atoms with E-state index >= 15 is 0 Å². The third-order valence-electron chi connectivity index (χ3n) is 5.71. The summed E-state index contributed by atoms with van der Waals surface area (Å²) in [5.74, 6) is -1.07. The van der Waals surface area contributed by atoms with E-state index < -0.39 is 23.7 Å². The molecule has 0 unspecified atom stereocenters. The fourth-order valence-electron chi connectivity index (χ4n) is 3.87. The van der Waals surface area contributed by atoms with Crippen LogP contribution in [0.1, 0.15) is 47.3 Å². The average molecular weight is 492 g/mol. The van der Waals surface area contributed by atoms with Crippen LogP contribution in [0, 0.1) is 6.92 Å². The Bertz CT molecular complexity index is 1290. The fourth-order valence-corrected chi connectivity index (χ4v) is 5.06. The molecule has 1 aromatic heterocycles. The Kier molecular flexibility index (Phi) is 6.90. The summed E-state index contributed by atoms with van der Waals surface area (Å²) in [4.78, 5) is 30.1. The highest BCUT2D eigenvalue weighted by atomic mass is 32.1. The standard InChI is InChI=1S/C24H24F3N3O3S/c1-14-8-9-19-20(11-14)34-23(29-22(32)16-5-3-6-17(12-16)24(25,26)27)30(19)15(2)21(31)28-13-18-7-4-10-33-18/h3,5-6,8-9,11-12,15,18H,4,7,10,13H2,1-2H3,(H,28,31)/t15-,18+/m0/s1. The van der Waals surface area contributed by atoms with E-state index in [1.165, 1.54) is 23.5 Å². The van der Waals surface area contributed by atoms with Crippen LogP contribution in [0.3, 0.4) is 0 Å². The van der Waals surface area contributed by atoms with E-state index in [2.05, 4.69) is 10.3 Å². The number of hydrogen-bond donors (Lipinski definition) is 1. The zero-order chi connectivity index (χ0) is 24.5. The number of aromatic nitrogens is 1. The Morgan fingerprint density at radius 1 is 1.26 bits per heavy atom. The molecule has 34 heavy (non-hydrogen) atoms. The number of amides is 2. The van der Waals surface area contributed by atoms with Gasteiger partial charge in [-0.2, -0.15) is 18.2 Å². The van der Waals surface area contributed by atoms with Gasteiger partial charge in [-0.05, 0) is 62.6 Å². The largest absolute Gasteiger partial charge is 0.416 e. The van der Waals surface area contributed by atoms with Gasteiger partial charge in [0.2, 0.25) is 5.91 Å². The van der Waals surface area contributed by atoms with E-state index in [1.807, 2.05) is 25.1 Å². The Morgan fingerprint density at radius 3 is 2.76 bits per heavy atom. The van der Waals surface area contributed by atoms with Gasteiger partial charge in [0, 0.05) is 18.7 Å². The van der Waals surface area contributed by atoms with E-state index in [-0.39, 0.29) is 22.4 Å². The molecule has 10 heteroatoms. The van der Waals surface area contributed by atoms with Gasteiger partial charge in [-0.15, -0.1) is 0 Å². The molecule has 1 aliphatic heterocycles. The van der Waals surface area contributed by atoms with E-state index in [4.69, 9.17) is 4.74 Å². The highest BCUT2D eigenvalue weighted by Crippen LogP contribution is 2.30. The molecule has 0 bridgehead atoms. The number of nitrogens with zero attached hydrogens (tertiary/aromatic N) is 2. The van der Waals surface area contributed by atoms with Gasteiger partial charge in [-0.3, -0.25) is 9.59 Å². The highest BCUT2D eigenvalue weighted by Gasteiger charge is 2.31. The average Bonchev–Trinajstić information content (AvgIpc) is 3.43. The zero-order valence-electron chi connectivity index (χ0n) is 18.7. The Morgan fingerprint density at radius 2 is 2.06 bits per heavy atom. The molecule has 1 N–H and O–H groups in total. The van der Waals surface area contributed by atoms with Gasteiger partial charge in [0.15, 0.2) is 4.80 Å². The van der Waals surface area contributed by atoms with Crippen molar-refractivity contribution < 1.29 is 27.5 Å². The number of halogens is 3. The summed E-state index contributed by atoms with van der Waals surface area (Å²) in [6.07, 6.45) is -2.75. The number of hydrogen-bond acceptors (Lipinski definition) is 4. The van der Waals surface area contributed by atoms with E-state index in [0.29, 0.717) is 18.7 Å². The van der Waals surface area contributed by atoms with Crippen LogP contribution >= 0.6 is 11.3 Å². The van der Waals surface area contributed by atoms with Crippen LogP contribution in [0.2, 0.25) is 0 Å². The van der Waals surface area contributed by atoms with E-state index in [0.717, 1.165) is 35.2 Å². The summed E-state index contributed by atoms with van der Waals surface area (Å²) in [7, 11) is 0. The third-order valence-corrected chi connectivity index (χ3v) is 6.73. The van der Waals surface area contributed by atoms with Gasteiger partial charge in [0.1, 0.15) is 6.04 Å². The van der Waals surface area contributed by atoms with Crippen molar-refractivity contribution in [1.82, 2.24) is 9.88 Å². The Balaban J connectivity index is 1.71. The van der Waals surface area contributed by atoms with Crippen molar-refractivity contribution in [3.8, 4) is 0 Å². The van der Waals surface area contributed by atoms with Gasteiger partial charge in [-0.25, -0.2) is 0 Å². The molecule has 2 heterocycles. The minimum absolute atomic E-state index is 0.0188. The molecular weight excluding hydrogens is 467 g/mol. The van der Waals surface area contributed by atoms with Gasteiger partial charge >= 0.3 is 6.18 Å². The quantitative estimate of drug-likeness (QED) is 0.566. The normalized spacial score (nSPS) is 17.8. The second kappa shape index (κ2) is 9.71. The lowest BCUT2D eigenvalue weighted by Crippen LogP contribution is -2.38. The van der Waals surface area contributed by atoms with Crippen molar-refractivity contribution >= 4 is 33.4 Å². The second-order valence-corrected chi connectivity index (χ2v) is 9.29. The smallest absolute Gasteiger partial charge is 0.376 e. The van der Waals surface area contributed by atoms with Crippen molar-refractivity contribution in [1.29, 1.82) is 0 Å². The molecule has 4 rings (SSSR count). The second-order valence-electron chi connectivity index (χ2n) is 8.28. The lowest BCUT2D eigenvalue weighted by Gasteiger charge is -2.17. The van der Waals surface area contributed by atoms with Gasteiger partial charge in [-0.1, -0.05) is 23.5 Å². The molecule has 2 aromatic carbocycles. The maximum atomic E-state index is 13.1. The number of thiazole rings is 1. The van der Waals surface area contributed by atoms with Gasteiger partial charge < -0.3 is 14.6 Å². The lowest BCUT2D eigenvalue weighted by molar-refractivity contribution is -0.137. The van der Waals surface area contributed by atoms with Crippen molar-refractivity contribution in [2.75, 3.05) is 13.2 Å². The minimum Gasteiger partial charge on any atom is -0.376 e. The number of aryl methyl sites for hydroxylation is 1.